The molecule has 4 heteroatoms. The third-order valence-electron chi connectivity index (χ3n) is 3.33. The Morgan fingerprint density at radius 2 is 1.95 bits per heavy atom. The zero-order valence-corrected chi connectivity index (χ0v) is 11.3. The van der Waals surface area contributed by atoms with E-state index in [-0.39, 0.29) is 12.8 Å². The highest BCUT2D eigenvalue weighted by Gasteiger charge is 2.15. The average Bonchev–Trinajstić information content (AvgIpc) is 2.94. The van der Waals surface area contributed by atoms with E-state index in [2.05, 4.69) is 6.92 Å². The van der Waals surface area contributed by atoms with Crippen molar-refractivity contribution in [1.82, 2.24) is 0 Å². The number of benzene rings is 2. The van der Waals surface area contributed by atoms with Crippen LogP contribution in [0.5, 0.6) is 23.0 Å². The van der Waals surface area contributed by atoms with Gasteiger partial charge in [-0.05, 0) is 24.6 Å². The van der Waals surface area contributed by atoms with Crippen LogP contribution in [-0.2, 0) is 0 Å². The molecule has 0 saturated heterocycles. The lowest BCUT2D eigenvalue weighted by molar-refractivity contribution is 0.174. The van der Waals surface area contributed by atoms with Crippen molar-refractivity contribution in [2.75, 3.05) is 6.79 Å². The fraction of sp³-hybridized carbons (Fsp3) is 0.250. The van der Waals surface area contributed by atoms with Crippen molar-refractivity contribution >= 4 is 0 Å². The summed E-state index contributed by atoms with van der Waals surface area (Å²) in [4.78, 5) is 0. The molecule has 1 heterocycles. The van der Waals surface area contributed by atoms with Crippen molar-refractivity contribution in [2.24, 2.45) is 5.73 Å². The summed E-state index contributed by atoms with van der Waals surface area (Å²) in [5.74, 6) is 2.95. The molecule has 0 fully saturated rings. The summed E-state index contributed by atoms with van der Waals surface area (Å²) in [6.07, 6.45) is 0.863. The summed E-state index contributed by atoms with van der Waals surface area (Å²) in [5, 5.41) is 0. The Morgan fingerprint density at radius 3 is 2.80 bits per heavy atom. The third kappa shape index (κ3) is 2.42. The maximum Gasteiger partial charge on any atom is 0.231 e. The average molecular weight is 271 g/mol. The molecule has 0 aliphatic carbocycles. The molecule has 0 aromatic heterocycles. The van der Waals surface area contributed by atoms with Crippen LogP contribution in [0.15, 0.2) is 42.5 Å². The standard InChI is InChI=1S/C16H17NO3/c1-2-13(17)12-5-3-4-6-14(12)20-11-7-8-15-16(9-11)19-10-18-15/h3-9,13H,2,10,17H2,1H3/t13-/m1/s1. The number of fused-ring (bicyclic) bond motifs is 1. The Hall–Kier alpha value is -2.20. The first-order valence-electron chi connectivity index (χ1n) is 6.70. The predicted octanol–water partition coefficient (Wildman–Crippen LogP) is 3.62. The topological polar surface area (TPSA) is 53.7 Å². The van der Waals surface area contributed by atoms with Gasteiger partial charge in [0, 0.05) is 17.7 Å². The van der Waals surface area contributed by atoms with Crippen LogP contribution in [0.1, 0.15) is 24.9 Å². The van der Waals surface area contributed by atoms with Crippen molar-refractivity contribution in [2.45, 2.75) is 19.4 Å². The van der Waals surface area contributed by atoms with Crippen LogP contribution in [0, 0.1) is 0 Å². The quantitative estimate of drug-likeness (QED) is 0.922. The maximum absolute atomic E-state index is 6.11. The van der Waals surface area contributed by atoms with Crippen LogP contribution < -0.4 is 19.9 Å². The van der Waals surface area contributed by atoms with E-state index in [0.717, 1.165) is 23.5 Å². The second-order valence-corrected chi connectivity index (χ2v) is 4.67. The van der Waals surface area contributed by atoms with Gasteiger partial charge in [0.1, 0.15) is 11.5 Å². The van der Waals surface area contributed by atoms with Gasteiger partial charge in [0.05, 0.1) is 0 Å². The van der Waals surface area contributed by atoms with Crippen LogP contribution in [-0.4, -0.2) is 6.79 Å². The monoisotopic (exact) mass is 271 g/mol. The van der Waals surface area contributed by atoms with Gasteiger partial charge in [0.25, 0.3) is 0 Å². The van der Waals surface area contributed by atoms with Crippen molar-refractivity contribution in [3.63, 3.8) is 0 Å². The van der Waals surface area contributed by atoms with E-state index in [9.17, 15) is 0 Å². The molecule has 0 saturated carbocycles. The van der Waals surface area contributed by atoms with Gasteiger partial charge in [0.15, 0.2) is 11.5 Å². The molecule has 1 aliphatic rings. The molecule has 1 aliphatic heterocycles. The van der Waals surface area contributed by atoms with E-state index in [1.807, 2.05) is 42.5 Å². The summed E-state index contributed by atoms with van der Waals surface area (Å²) in [5.41, 5.74) is 7.12. The molecular weight excluding hydrogens is 254 g/mol. The molecular formula is C16H17NO3. The summed E-state index contributed by atoms with van der Waals surface area (Å²) in [7, 11) is 0. The van der Waals surface area contributed by atoms with E-state index >= 15 is 0 Å². The summed E-state index contributed by atoms with van der Waals surface area (Å²) >= 11 is 0. The summed E-state index contributed by atoms with van der Waals surface area (Å²) in [6.45, 7) is 2.32. The highest BCUT2D eigenvalue weighted by molar-refractivity contribution is 5.49. The number of hydrogen-bond acceptors (Lipinski definition) is 4. The first kappa shape index (κ1) is 12.8. The Labute approximate surface area is 118 Å². The van der Waals surface area contributed by atoms with Crippen LogP contribution in [0.4, 0.5) is 0 Å². The fourth-order valence-electron chi connectivity index (χ4n) is 2.17. The first-order chi connectivity index (χ1) is 9.78. The molecule has 104 valence electrons. The molecule has 0 bridgehead atoms. The first-order valence-corrected chi connectivity index (χ1v) is 6.70. The summed E-state index contributed by atoms with van der Waals surface area (Å²) < 4.78 is 16.6. The maximum atomic E-state index is 6.11. The fourth-order valence-corrected chi connectivity index (χ4v) is 2.17. The molecule has 1 atom stereocenters. The van der Waals surface area contributed by atoms with Gasteiger partial charge in [-0.25, -0.2) is 0 Å². The highest BCUT2D eigenvalue weighted by Crippen LogP contribution is 2.37. The van der Waals surface area contributed by atoms with E-state index in [0.29, 0.717) is 11.5 Å². The molecule has 2 aromatic rings. The minimum Gasteiger partial charge on any atom is -0.457 e. The number of para-hydroxylation sites is 1. The van der Waals surface area contributed by atoms with Crippen LogP contribution in [0.25, 0.3) is 0 Å². The van der Waals surface area contributed by atoms with E-state index in [1.54, 1.807) is 0 Å². The molecule has 2 aromatic carbocycles. The van der Waals surface area contributed by atoms with Gasteiger partial charge in [-0.15, -0.1) is 0 Å². The smallest absolute Gasteiger partial charge is 0.231 e. The van der Waals surface area contributed by atoms with Gasteiger partial charge in [-0.2, -0.15) is 0 Å². The zero-order valence-electron chi connectivity index (χ0n) is 11.3. The number of nitrogens with two attached hydrogens (primary N) is 1. The molecule has 3 rings (SSSR count). The van der Waals surface area contributed by atoms with Crippen molar-refractivity contribution in [1.29, 1.82) is 0 Å². The SMILES string of the molecule is CC[C@@H](N)c1ccccc1Oc1ccc2c(c1)OCO2. The van der Waals surface area contributed by atoms with Gasteiger partial charge in [0.2, 0.25) is 6.79 Å². The van der Waals surface area contributed by atoms with Crippen molar-refractivity contribution in [3.05, 3.63) is 48.0 Å². The lowest BCUT2D eigenvalue weighted by atomic mass is 10.0. The largest absolute Gasteiger partial charge is 0.457 e. The van der Waals surface area contributed by atoms with Crippen LogP contribution >= 0.6 is 0 Å². The number of rotatable bonds is 4. The molecule has 0 spiro atoms. The number of ether oxygens (including phenoxy) is 3. The van der Waals surface area contributed by atoms with Gasteiger partial charge < -0.3 is 19.9 Å². The van der Waals surface area contributed by atoms with E-state index in [1.165, 1.54) is 0 Å². The van der Waals surface area contributed by atoms with E-state index in [4.69, 9.17) is 19.9 Å². The summed E-state index contributed by atoms with van der Waals surface area (Å²) in [6, 6.07) is 13.3. The Balaban J connectivity index is 1.88. The lowest BCUT2D eigenvalue weighted by Crippen LogP contribution is -2.09. The van der Waals surface area contributed by atoms with Crippen LogP contribution in [0.3, 0.4) is 0 Å². The Bertz CT molecular complexity index is 612. The van der Waals surface area contributed by atoms with Crippen LogP contribution in [0.2, 0.25) is 0 Å². The molecule has 0 radical (unpaired) electrons. The normalized spacial score (nSPS) is 14.1. The Morgan fingerprint density at radius 1 is 1.15 bits per heavy atom. The minimum absolute atomic E-state index is 0.0276. The van der Waals surface area contributed by atoms with Gasteiger partial charge in [-0.1, -0.05) is 25.1 Å². The van der Waals surface area contributed by atoms with E-state index < -0.39 is 0 Å². The lowest BCUT2D eigenvalue weighted by Gasteiger charge is -2.15. The predicted molar refractivity (Wildman–Crippen MR) is 76.3 cm³/mol. The molecule has 20 heavy (non-hydrogen) atoms. The second kappa shape index (κ2) is 5.43. The molecule has 4 nitrogen and oxygen atoms in total. The van der Waals surface area contributed by atoms with Gasteiger partial charge >= 0.3 is 0 Å². The van der Waals surface area contributed by atoms with Crippen molar-refractivity contribution < 1.29 is 14.2 Å². The Kier molecular flexibility index (Phi) is 3.48. The molecule has 0 unspecified atom stereocenters. The van der Waals surface area contributed by atoms with Crippen molar-refractivity contribution in [3.8, 4) is 23.0 Å². The second-order valence-electron chi connectivity index (χ2n) is 4.67. The highest BCUT2D eigenvalue weighted by atomic mass is 16.7. The zero-order chi connectivity index (χ0) is 13.9. The van der Waals surface area contributed by atoms with Gasteiger partial charge in [-0.3, -0.25) is 0 Å². The number of hydrogen-bond donors (Lipinski definition) is 1. The molecule has 0 amide bonds. The minimum atomic E-state index is -0.0276. The molecule has 2 N–H and O–H groups in total. The third-order valence-corrected chi connectivity index (χ3v) is 3.33.